The molecule has 0 radical (unpaired) electrons. The minimum absolute atomic E-state index is 0.117. The van der Waals surface area contributed by atoms with Gasteiger partial charge in [0.2, 0.25) is 5.91 Å². The third-order valence-electron chi connectivity index (χ3n) is 5.70. The number of nitro groups is 1. The van der Waals surface area contributed by atoms with Crippen LogP contribution in [0.15, 0.2) is 18.2 Å². The number of nitrogens with zero attached hydrogens (tertiary/aromatic N) is 2. The van der Waals surface area contributed by atoms with Crippen molar-refractivity contribution in [3.05, 3.63) is 28.3 Å². The molecule has 0 unspecified atom stereocenters. The summed E-state index contributed by atoms with van der Waals surface area (Å²) in [5.41, 5.74) is -0.792. The molecule has 0 spiro atoms. The topological polar surface area (TPSA) is 122 Å². The van der Waals surface area contributed by atoms with Crippen molar-refractivity contribution in [3.8, 4) is 5.75 Å². The highest BCUT2D eigenvalue weighted by atomic mass is 16.6. The van der Waals surface area contributed by atoms with Crippen LogP contribution >= 0.6 is 0 Å². The maximum absolute atomic E-state index is 12.3. The maximum atomic E-state index is 12.3. The molecule has 3 rings (SSSR count). The average molecular weight is 377 g/mol. The molecule has 9 heteroatoms. The van der Waals surface area contributed by atoms with Crippen molar-refractivity contribution >= 4 is 23.3 Å². The summed E-state index contributed by atoms with van der Waals surface area (Å²) in [5, 5.41) is 23.4. The SMILES string of the molecule is COc1ccc(NC(=O)CCN2C[C@@H]3CCC[C@@]3(C(=O)O)C2)c([N+](=O)[O-])c1. The molecule has 2 atom stereocenters. The first kappa shape index (κ1) is 19.1. The molecular weight excluding hydrogens is 354 g/mol. The lowest BCUT2D eigenvalue weighted by molar-refractivity contribution is -0.384. The predicted octanol–water partition coefficient (Wildman–Crippen LogP) is 2.12. The average Bonchev–Trinajstić information content (AvgIpc) is 3.18. The van der Waals surface area contributed by atoms with E-state index in [2.05, 4.69) is 5.32 Å². The Bertz CT molecular complexity index is 767. The van der Waals surface area contributed by atoms with E-state index in [1.807, 2.05) is 4.90 Å². The molecule has 1 aliphatic heterocycles. The fourth-order valence-electron chi connectivity index (χ4n) is 4.28. The molecule has 0 aromatic heterocycles. The fourth-order valence-corrected chi connectivity index (χ4v) is 4.28. The van der Waals surface area contributed by atoms with Gasteiger partial charge < -0.3 is 20.1 Å². The van der Waals surface area contributed by atoms with E-state index < -0.39 is 16.3 Å². The molecule has 0 bridgehead atoms. The van der Waals surface area contributed by atoms with Gasteiger partial charge in [-0.25, -0.2) is 0 Å². The molecule has 1 saturated carbocycles. The van der Waals surface area contributed by atoms with Gasteiger partial charge in [-0.05, 0) is 30.9 Å². The zero-order chi connectivity index (χ0) is 19.6. The number of carboxylic acid groups (broad SMARTS) is 1. The second-order valence-corrected chi connectivity index (χ2v) is 7.22. The van der Waals surface area contributed by atoms with E-state index >= 15 is 0 Å². The molecular formula is C18H23N3O6. The smallest absolute Gasteiger partial charge is 0.311 e. The van der Waals surface area contributed by atoms with E-state index in [0.717, 1.165) is 12.8 Å². The summed E-state index contributed by atoms with van der Waals surface area (Å²) in [7, 11) is 1.41. The summed E-state index contributed by atoms with van der Waals surface area (Å²) in [5.74, 6) is -0.612. The Morgan fingerprint density at radius 1 is 1.48 bits per heavy atom. The number of hydrogen-bond acceptors (Lipinski definition) is 6. The molecule has 2 aliphatic rings. The highest BCUT2D eigenvalue weighted by molar-refractivity contribution is 5.93. The molecule has 1 heterocycles. The Balaban J connectivity index is 1.58. The molecule has 27 heavy (non-hydrogen) atoms. The van der Waals surface area contributed by atoms with Crippen LogP contribution in [0.2, 0.25) is 0 Å². The molecule has 1 aromatic carbocycles. The highest BCUT2D eigenvalue weighted by Gasteiger charge is 2.54. The van der Waals surface area contributed by atoms with Crippen molar-refractivity contribution in [2.75, 3.05) is 32.1 Å². The molecule has 2 fully saturated rings. The molecule has 2 N–H and O–H groups in total. The number of carboxylic acids is 1. The van der Waals surface area contributed by atoms with Gasteiger partial charge in [-0.1, -0.05) is 6.42 Å². The number of benzene rings is 1. The molecule has 1 amide bonds. The van der Waals surface area contributed by atoms with Gasteiger partial charge in [-0.2, -0.15) is 0 Å². The number of carbonyl (C=O) groups is 2. The third kappa shape index (κ3) is 3.73. The van der Waals surface area contributed by atoms with Crippen LogP contribution in [0.1, 0.15) is 25.7 Å². The van der Waals surface area contributed by atoms with Crippen LogP contribution in [0.3, 0.4) is 0 Å². The maximum Gasteiger partial charge on any atom is 0.311 e. The lowest BCUT2D eigenvalue weighted by atomic mass is 9.81. The normalized spacial score (nSPS) is 24.4. The van der Waals surface area contributed by atoms with E-state index in [1.54, 1.807) is 6.07 Å². The Hall–Kier alpha value is -2.68. The van der Waals surface area contributed by atoms with E-state index in [9.17, 15) is 24.8 Å². The minimum Gasteiger partial charge on any atom is -0.496 e. The van der Waals surface area contributed by atoms with Crippen LogP contribution in [0.5, 0.6) is 5.75 Å². The quantitative estimate of drug-likeness (QED) is 0.551. The van der Waals surface area contributed by atoms with Crippen LogP contribution in [-0.4, -0.2) is 53.6 Å². The van der Waals surface area contributed by atoms with E-state index in [4.69, 9.17) is 4.74 Å². The Morgan fingerprint density at radius 2 is 2.26 bits per heavy atom. The van der Waals surface area contributed by atoms with Crippen molar-refractivity contribution in [2.45, 2.75) is 25.7 Å². The third-order valence-corrected chi connectivity index (χ3v) is 5.70. The zero-order valence-corrected chi connectivity index (χ0v) is 15.1. The number of aliphatic carboxylic acids is 1. The second kappa shape index (κ2) is 7.51. The number of hydrogen-bond donors (Lipinski definition) is 2. The molecule has 1 aliphatic carbocycles. The predicted molar refractivity (Wildman–Crippen MR) is 96.7 cm³/mol. The Morgan fingerprint density at radius 3 is 2.89 bits per heavy atom. The summed E-state index contributed by atoms with van der Waals surface area (Å²) in [4.78, 5) is 36.6. The van der Waals surface area contributed by atoms with Gasteiger partial charge in [0, 0.05) is 26.1 Å². The lowest BCUT2D eigenvalue weighted by Crippen LogP contribution is -2.36. The number of rotatable bonds is 7. The van der Waals surface area contributed by atoms with Crippen molar-refractivity contribution in [1.29, 1.82) is 0 Å². The summed E-state index contributed by atoms with van der Waals surface area (Å²) in [6, 6.07) is 4.24. The van der Waals surface area contributed by atoms with Gasteiger partial charge in [-0.3, -0.25) is 19.7 Å². The van der Waals surface area contributed by atoms with Crippen molar-refractivity contribution in [1.82, 2.24) is 4.90 Å². The Kier molecular flexibility index (Phi) is 5.31. The summed E-state index contributed by atoms with van der Waals surface area (Å²) in [6.45, 7) is 1.58. The first-order chi connectivity index (χ1) is 12.9. The van der Waals surface area contributed by atoms with Crippen molar-refractivity contribution in [3.63, 3.8) is 0 Å². The van der Waals surface area contributed by atoms with Gasteiger partial charge in [0.05, 0.1) is 23.5 Å². The number of fused-ring (bicyclic) bond motifs is 1. The number of amides is 1. The van der Waals surface area contributed by atoms with Gasteiger partial charge in [0.25, 0.3) is 5.69 Å². The number of nitro benzene ring substituents is 1. The number of ether oxygens (including phenoxy) is 1. The van der Waals surface area contributed by atoms with Crippen LogP contribution in [0.4, 0.5) is 11.4 Å². The molecule has 1 saturated heterocycles. The molecule has 1 aromatic rings. The second-order valence-electron chi connectivity index (χ2n) is 7.22. The van der Waals surface area contributed by atoms with Crippen molar-refractivity contribution in [2.24, 2.45) is 11.3 Å². The number of methoxy groups -OCH3 is 1. The standard InChI is InChI=1S/C18H23N3O6/c1-27-13-4-5-14(15(9-13)21(25)26)19-16(22)6-8-20-10-12-3-2-7-18(12,11-20)17(23)24/h4-5,9,12H,2-3,6-8,10-11H2,1H3,(H,19,22)(H,23,24)/t12-,18+/m0/s1. The number of likely N-dealkylation sites (tertiary alicyclic amines) is 1. The first-order valence-corrected chi connectivity index (χ1v) is 8.94. The minimum atomic E-state index is -0.745. The lowest BCUT2D eigenvalue weighted by Gasteiger charge is -2.23. The van der Waals surface area contributed by atoms with E-state index in [0.29, 0.717) is 31.8 Å². The highest BCUT2D eigenvalue weighted by Crippen LogP contribution is 2.48. The summed E-state index contributed by atoms with van der Waals surface area (Å²) in [6.07, 6.45) is 2.68. The monoisotopic (exact) mass is 377 g/mol. The summed E-state index contributed by atoms with van der Waals surface area (Å²) < 4.78 is 4.97. The van der Waals surface area contributed by atoms with E-state index in [1.165, 1.54) is 19.2 Å². The molecule has 146 valence electrons. The van der Waals surface area contributed by atoms with Gasteiger partial charge in [0.15, 0.2) is 0 Å². The van der Waals surface area contributed by atoms with Crippen LogP contribution in [0.25, 0.3) is 0 Å². The largest absolute Gasteiger partial charge is 0.496 e. The fraction of sp³-hybridized carbons (Fsp3) is 0.556. The zero-order valence-electron chi connectivity index (χ0n) is 15.1. The Labute approximate surface area is 156 Å². The van der Waals surface area contributed by atoms with Crippen molar-refractivity contribution < 1.29 is 24.4 Å². The number of nitrogens with one attached hydrogen (secondary N) is 1. The van der Waals surface area contributed by atoms with Gasteiger partial charge in [-0.15, -0.1) is 0 Å². The van der Waals surface area contributed by atoms with E-state index in [-0.39, 0.29) is 29.6 Å². The van der Waals surface area contributed by atoms with Crippen LogP contribution in [0, 0.1) is 21.4 Å². The first-order valence-electron chi connectivity index (χ1n) is 8.94. The number of anilines is 1. The van der Waals surface area contributed by atoms with Crippen LogP contribution < -0.4 is 10.1 Å². The van der Waals surface area contributed by atoms with Gasteiger partial charge in [0.1, 0.15) is 11.4 Å². The van der Waals surface area contributed by atoms with Crippen LogP contribution in [-0.2, 0) is 9.59 Å². The number of carbonyl (C=O) groups excluding carboxylic acids is 1. The summed E-state index contributed by atoms with van der Waals surface area (Å²) >= 11 is 0. The molecule has 9 nitrogen and oxygen atoms in total. The van der Waals surface area contributed by atoms with Gasteiger partial charge >= 0.3 is 5.97 Å².